The molecule has 34 heavy (non-hydrogen) atoms. The molecule has 0 radical (unpaired) electrons. The number of rotatable bonds is 6. The number of halogens is 2. The van der Waals surface area contributed by atoms with Crippen molar-refractivity contribution in [3.05, 3.63) is 75.5 Å². The Morgan fingerprint density at radius 2 is 1.91 bits per heavy atom. The molecule has 0 atom stereocenters. The van der Waals surface area contributed by atoms with E-state index < -0.39 is 0 Å². The molecular formula is C26H23Cl2N3O3. The molecule has 1 aromatic heterocycles. The van der Waals surface area contributed by atoms with Crippen molar-refractivity contribution in [3.63, 3.8) is 0 Å². The van der Waals surface area contributed by atoms with Gasteiger partial charge in [0, 0.05) is 34.9 Å². The van der Waals surface area contributed by atoms with Crippen LogP contribution in [0.3, 0.4) is 0 Å². The van der Waals surface area contributed by atoms with Gasteiger partial charge in [0.05, 0.1) is 16.2 Å². The van der Waals surface area contributed by atoms with Crippen molar-refractivity contribution < 1.29 is 14.0 Å². The Hall–Kier alpha value is -3.06. The fourth-order valence-electron chi connectivity index (χ4n) is 4.31. The molecule has 2 aromatic carbocycles. The monoisotopic (exact) mass is 495 g/mol. The number of amides is 2. The molecule has 0 spiro atoms. The van der Waals surface area contributed by atoms with Gasteiger partial charge in [-0.2, -0.15) is 0 Å². The number of anilines is 1. The smallest absolute Gasteiger partial charge is 0.256 e. The van der Waals surface area contributed by atoms with Gasteiger partial charge in [0.25, 0.3) is 11.8 Å². The maximum atomic E-state index is 12.7. The zero-order chi connectivity index (χ0) is 23.7. The third-order valence-electron chi connectivity index (χ3n) is 6.09. The number of nitrogens with one attached hydrogen (secondary N) is 2. The molecule has 3 heterocycles. The molecule has 0 bridgehead atoms. The van der Waals surface area contributed by atoms with Gasteiger partial charge in [0.1, 0.15) is 11.5 Å². The molecule has 1 saturated heterocycles. The lowest BCUT2D eigenvalue weighted by Crippen LogP contribution is -2.33. The lowest BCUT2D eigenvalue weighted by atomic mass is 10.1. The van der Waals surface area contributed by atoms with Crippen molar-refractivity contribution >= 4 is 52.4 Å². The summed E-state index contributed by atoms with van der Waals surface area (Å²) in [6.45, 7) is 3.58. The second kappa shape index (κ2) is 9.66. The Bertz CT molecular complexity index is 1290. The van der Waals surface area contributed by atoms with Gasteiger partial charge in [-0.3, -0.25) is 9.59 Å². The molecule has 1 fully saturated rings. The molecule has 2 amide bonds. The van der Waals surface area contributed by atoms with E-state index >= 15 is 0 Å². The van der Waals surface area contributed by atoms with Crippen LogP contribution in [0, 0.1) is 0 Å². The van der Waals surface area contributed by atoms with Crippen LogP contribution in [0.4, 0.5) is 5.69 Å². The second-order valence-electron chi connectivity index (χ2n) is 8.40. The summed E-state index contributed by atoms with van der Waals surface area (Å²) in [5.41, 5.74) is 3.04. The minimum Gasteiger partial charge on any atom is -0.457 e. The van der Waals surface area contributed by atoms with Gasteiger partial charge in [-0.15, -0.1) is 0 Å². The molecular weight excluding hydrogens is 473 g/mol. The summed E-state index contributed by atoms with van der Waals surface area (Å²) in [4.78, 5) is 27.5. The molecule has 2 N–H and O–H groups in total. The van der Waals surface area contributed by atoms with E-state index in [1.807, 2.05) is 0 Å². The molecule has 8 heteroatoms. The van der Waals surface area contributed by atoms with E-state index in [0.29, 0.717) is 44.9 Å². The number of nitrogens with zero attached hydrogens (tertiary/aromatic N) is 1. The van der Waals surface area contributed by atoms with Crippen LogP contribution < -0.4 is 10.6 Å². The summed E-state index contributed by atoms with van der Waals surface area (Å²) in [5.74, 6) is 0.657. The van der Waals surface area contributed by atoms with E-state index in [1.54, 1.807) is 54.6 Å². The van der Waals surface area contributed by atoms with Gasteiger partial charge in [0.15, 0.2) is 0 Å². The third-order valence-corrected chi connectivity index (χ3v) is 6.65. The van der Waals surface area contributed by atoms with Gasteiger partial charge in [-0.1, -0.05) is 23.2 Å². The molecule has 174 valence electrons. The van der Waals surface area contributed by atoms with Crippen molar-refractivity contribution in [1.29, 1.82) is 0 Å². The third kappa shape index (κ3) is 4.75. The highest BCUT2D eigenvalue weighted by Crippen LogP contribution is 2.36. The number of likely N-dealkylation sites (tertiary alicyclic amines) is 1. The largest absolute Gasteiger partial charge is 0.457 e. The summed E-state index contributed by atoms with van der Waals surface area (Å²) in [6.07, 6.45) is 4.12. The molecule has 0 unspecified atom stereocenters. The minimum atomic E-state index is -0.213. The molecule has 6 nitrogen and oxygen atoms in total. The first-order valence-corrected chi connectivity index (χ1v) is 12.0. The van der Waals surface area contributed by atoms with Gasteiger partial charge >= 0.3 is 0 Å². The van der Waals surface area contributed by atoms with Gasteiger partial charge in [0.2, 0.25) is 0 Å². The average Bonchev–Trinajstić information content (AvgIpc) is 3.56. The summed E-state index contributed by atoms with van der Waals surface area (Å²) in [7, 11) is 0. The van der Waals surface area contributed by atoms with Crippen LogP contribution >= 0.6 is 23.2 Å². The Morgan fingerprint density at radius 3 is 2.74 bits per heavy atom. The van der Waals surface area contributed by atoms with Gasteiger partial charge in [-0.25, -0.2) is 0 Å². The fraction of sp³-hybridized carbons (Fsp3) is 0.231. The number of benzene rings is 2. The first-order chi connectivity index (χ1) is 16.5. The first-order valence-electron chi connectivity index (χ1n) is 11.2. The Labute approximate surface area is 207 Å². The number of hydrogen-bond acceptors (Lipinski definition) is 4. The average molecular weight is 496 g/mol. The predicted molar refractivity (Wildman–Crippen MR) is 135 cm³/mol. The zero-order valence-corrected chi connectivity index (χ0v) is 19.9. The Kier molecular flexibility index (Phi) is 6.46. The molecule has 2 aliphatic rings. The van der Waals surface area contributed by atoms with Crippen molar-refractivity contribution in [2.75, 3.05) is 31.5 Å². The van der Waals surface area contributed by atoms with E-state index in [9.17, 15) is 9.59 Å². The highest BCUT2D eigenvalue weighted by Gasteiger charge is 2.25. The van der Waals surface area contributed by atoms with Gasteiger partial charge in [-0.05, 0) is 80.5 Å². The fourth-order valence-corrected chi connectivity index (χ4v) is 4.69. The van der Waals surface area contributed by atoms with Gasteiger partial charge < -0.3 is 20.0 Å². The molecule has 3 aromatic rings. The summed E-state index contributed by atoms with van der Waals surface area (Å²) < 4.78 is 5.98. The zero-order valence-electron chi connectivity index (χ0n) is 18.4. The lowest BCUT2D eigenvalue weighted by molar-refractivity contribution is -0.110. The number of carbonyl (C=O) groups excluding carboxylic acids is 2. The standard InChI is InChI=1S/C26H23Cl2N3O3/c27-17-4-7-23-19(14-17)20(26(33)30-23)15-18-5-8-24(34-18)16-3-6-22(28)21(13-16)25(32)29-9-12-31-10-1-2-11-31/h3-8,13-15H,1-2,9-12H2,(H,29,32)(H,30,33). The lowest BCUT2D eigenvalue weighted by Gasteiger charge is -2.15. The van der Waals surface area contributed by atoms with Crippen LogP contribution in [0.25, 0.3) is 23.0 Å². The minimum absolute atomic E-state index is 0.212. The van der Waals surface area contributed by atoms with Crippen LogP contribution in [0.1, 0.15) is 34.5 Å². The summed E-state index contributed by atoms with van der Waals surface area (Å²) in [6, 6.07) is 14.1. The number of furan rings is 1. The number of fused-ring (bicyclic) bond motifs is 1. The molecule has 5 rings (SSSR count). The van der Waals surface area contributed by atoms with Crippen molar-refractivity contribution in [2.24, 2.45) is 0 Å². The quantitative estimate of drug-likeness (QED) is 0.438. The Balaban J connectivity index is 1.33. The molecule has 0 saturated carbocycles. The predicted octanol–water partition coefficient (Wildman–Crippen LogP) is 5.57. The Morgan fingerprint density at radius 1 is 1.09 bits per heavy atom. The van der Waals surface area contributed by atoms with Crippen LogP contribution in [-0.4, -0.2) is 42.9 Å². The molecule has 0 aliphatic carbocycles. The number of carbonyl (C=O) groups is 2. The van der Waals surface area contributed by atoms with Crippen LogP contribution in [0.2, 0.25) is 10.0 Å². The van der Waals surface area contributed by atoms with E-state index in [-0.39, 0.29) is 11.8 Å². The molecule has 2 aliphatic heterocycles. The summed E-state index contributed by atoms with van der Waals surface area (Å²) >= 11 is 12.4. The second-order valence-corrected chi connectivity index (χ2v) is 9.25. The highest BCUT2D eigenvalue weighted by molar-refractivity contribution is 6.36. The van der Waals surface area contributed by atoms with Crippen molar-refractivity contribution in [1.82, 2.24) is 10.2 Å². The maximum Gasteiger partial charge on any atom is 0.256 e. The maximum absolute atomic E-state index is 12.7. The first kappa shape index (κ1) is 22.7. The van der Waals surface area contributed by atoms with Crippen LogP contribution in [0.15, 0.2) is 52.9 Å². The van der Waals surface area contributed by atoms with Crippen LogP contribution in [-0.2, 0) is 4.79 Å². The number of hydrogen-bond donors (Lipinski definition) is 2. The van der Waals surface area contributed by atoms with E-state index in [0.717, 1.165) is 30.8 Å². The highest BCUT2D eigenvalue weighted by atomic mass is 35.5. The van der Waals surface area contributed by atoms with Crippen LogP contribution in [0.5, 0.6) is 0 Å². The topological polar surface area (TPSA) is 74.6 Å². The van der Waals surface area contributed by atoms with Crippen molar-refractivity contribution in [2.45, 2.75) is 12.8 Å². The SMILES string of the molecule is O=C1Nc2ccc(Cl)cc2C1=Cc1ccc(-c2ccc(Cl)c(C(=O)NCCN3CCCC3)c2)o1. The van der Waals surface area contributed by atoms with Crippen molar-refractivity contribution in [3.8, 4) is 11.3 Å². The van der Waals surface area contributed by atoms with E-state index in [1.165, 1.54) is 12.8 Å². The normalized spacial score (nSPS) is 16.6. The van der Waals surface area contributed by atoms with E-state index in [2.05, 4.69) is 15.5 Å². The van der Waals surface area contributed by atoms with E-state index in [4.69, 9.17) is 27.6 Å². The summed E-state index contributed by atoms with van der Waals surface area (Å²) in [5, 5.41) is 6.71.